The molecule has 98 valence electrons. The first-order valence-corrected chi connectivity index (χ1v) is 6.39. The zero-order chi connectivity index (χ0) is 13.6. The number of carbonyl (C=O) groups is 1. The molecule has 0 aromatic heterocycles. The number of benzene rings is 1. The molecule has 0 unspecified atom stereocenters. The maximum absolute atomic E-state index is 10.8. The van der Waals surface area contributed by atoms with Crippen molar-refractivity contribution >= 4 is 12.0 Å². The van der Waals surface area contributed by atoms with Crippen LogP contribution < -0.4 is 0 Å². The van der Waals surface area contributed by atoms with Crippen molar-refractivity contribution < 1.29 is 9.59 Å². The quantitative estimate of drug-likeness (QED) is 0.452. The van der Waals surface area contributed by atoms with Crippen molar-refractivity contribution in [1.29, 1.82) is 0 Å². The van der Waals surface area contributed by atoms with Crippen LogP contribution in [0.2, 0.25) is 0 Å². The van der Waals surface area contributed by atoms with Crippen molar-refractivity contribution in [2.45, 2.75) is 46.0 Å². The number of nitrogens with zero attached hydrogens (tertiary/aromatic N) is 1. The molecule has 1 amide bonds. The van der Waals surface area contributed by atoms with Crippen LogP contribution in [-0.4, -0.2) is 12.0 Å². The molecule has 1 rings (SSSR count). The van der Waals surface area contributed by atoms with Crippen LogP contribution in [0.4, 0.5) is 0 Å². The number of carbonyl (C=O) groups excluding carboxylic acids is 2. The highest BCUT2D eigenvalue weighted by molar-refractivity contribution is 5.83. The van der Waals surface area contributed by atoms with Crippen LogP contribution in [0.1, 0.15) is 45.1 Å². The molecule has 0 saturated heterocycles. The highest BCUT2D eigenvalue weighted by Gasteiger charge is 1.99. The van der Waals surface area contributed by atoms with E-state index in [2.05, 4.69) is 18.8 Å². The first-order valence-electron chi connectivity index (χ1n) is 6.39. The molecule has 0 aliphatic rings. The van der Waals surface area contributed by atoms with Gasteiger partial charge in [-0.05, 0) is 5.56 Å². The monoisotopic (exact) mass is 247 g/mol. The largest absolute Gasteiger partial charge is 0.271 e. The minimum Gasteiger partial charge on any atom is -0.271 e. The van der Waals surface area contributed by atoms with Gasteiger partial charge in [-0.3, -0.25) is 4.79 Å². The molecular weight excluding hydrogens is 226 g/mol. The average molecular weight is 247 g/mol. The molecule has 18 heavy (non-hydrogen) atoms. The molecule has 1 aromatic rings. The molecule has 0 bridgehead atoms. The van der Waals surface area contributed by atoms with E-state index >= 15 is 0 Å². The number of unbranched alkanes of at least 4 members (excludes halogenated alkanes) is 3. The standard InChI is InChI=1S/C9H7NO2.C6H14/c11-7-10-9(12)6-8-4-2-1-3-5-8;1-3-5-6-4-2/h1-5H,6H2;3-6H2,1-2H3. The average Bonchev–Trinajstić information content (AvgIpc) is 2.38. The lowest BCUT2D eigenvalue weighted by molar-refractivity contribution is -0.117. The Morgan fingerprint density at radius 2 is 1.67 bits per heavy atom. The van der Waals surface area contributed by atoms with Crippen molar-refractivity contribution in [3.63, 3.8) is 0 Å². The van der Waals surface area contributed by atoms with E-state index in [1.807, 2.05) is 18.2 Å². The predicted molar refractivity (Wildman–Crippen MR) is 73.1 cm³/mol. The summed E-state index contributed by atoms with van der Waals surface area (Å²) in [5.41, 5.74) is 0.849. The fraction of sp³-hybridized carbons (Fsp3) is 0.467. The van der Waals surface area contributed by atoms with Gasteiger partial charge in [-0.15, -0.1) is 4.99 Å². The van der Waals surface area contributed by atoms with Crippen molar-refractivity contribution in [2.24, 2.45) is 4.99 Å². The van der Waals surface area contributed by atoms with Crippen LogP contribution in [0, 0.1) is 0 Å². The van der Waals surface area contributed by atoms with Crippen LogP contribution in [0.15, 0.2) is 35.3 Å². The van der Waals surface area contributed by atoms with Crippen LogP contribution in [0.3, 0.4) is 0 Å². The van der Waals surface area contributed by atoms with Crippen LogP contribution in [0.25, 0.3) is 0 Å². The molecule has 0 radical (unpaired) electrons. The van der Waals surface area contributed by atoms with Crippen molar-refractivity contribution in [1.82, 2.24) is 0 Å². The molecule has 0 aliphatic heterocycles. The lowest BCUT2D eigenvalue weighted by atomic mass is 10.1. The molecular formula is C15H21NO2. The second-order valence-electron chi connectivity index (χ2n) is 3.97. The highest BCUT2D eigenvalue weighted by atomic mass is 16.2. The second kappa shape index (κ2) is 11.7. The minimum atomic E-state index is -0.462. The van der Waals surface area contributed by atoms with E-state index in [0.29, 0.717) is 0 Å². The Morgan fingerprint density at radius 3 is 2.11 bits per heavy atom. The van der Waals surface area contributed by atoms with Crippen LogP contribution in [0.5, 0.6) is 0 Å². The van der Waals surface area contributed by atoms with Gasteiger partial charge in [-0.1, -0.05) is 69.9 Å². The zero-order valence-electron chi connectivity index (χ0n) is 11.2. The van der Waals surface area contributed by atoms with Gasteiger partial charge in [0.1, 0.15) is 0 Å². The van der Waals surface area contributed by atoms with E-state index in [4.69, 9.17) is 0 Å². The van der Waals surface area contributed by atoms with Gasteiger partial charge in [-0.25, -0.2) is 4.79 Å². The summed E-state index contributed by atoms with van der Waals surface area (Å²) in [6, 6.07) is 9.12. The molecule has 0 spiro atoms. The molecule has 0 N–H and O–H groups in total. The SMILES string of the molecule is CCCCCC.O=C=NC(=O)Cc1ccccc1. The van der Waals surface area contributed by atoms with Crippen molar-refractivity contribution in [2.75, 3.05) is 0 Å². The molecule has 1 aromatic carbocycles. The summed E-state index contributed by atoms with van der Waals surface area (Å²) in [5, 5.41) is 0. The number of amides is 1. The summed E-state index contributed by atoms with van der Waals surface area (Å²) in [6.45, 7) is 4.46. The Kier molecular flexibility index (Phi) is 10.6. The van der Waals surface area contributed by atoms with E-state index in [0.717, 1.165) is 5.56 Å². The summed E-state index contributed by atoms with van der Waals surface area (Å²) in [4.78, 5) is 23.5. The van der Waals surface area contributed by atoms with Crippen molar-refractivity contribution in [3.05, 3.63) is 35.9 Å². The first-order chi connectivity index (χ1) is 8.74. The highest BCUT2D eigenvalue weighted by Crippen LogP contribution is 1.99. The number of hydrogen-bond donors (Lipinski definition) is 0. The number of isocyanates is 1. The molecule has 0 heterocycles. The third-order valence-corrected chi connectivity index (χ3v) is 2.33. The van der Waals surface area contributed by atoms with E-state index in [9.17, 15) is 9.59 Å². The fourth-order valence-corrected chi connectivity index (χ4v) is 1.36. The molecule has 3 nitrogen and oxygen atoms in total. The van der Waals surface area contributed by atoms with Gasteiger partial charge in [0, 0.05) is 0 Å². The van der Waals surface area contributed by atoms with Gasteiger partial charge in [0.15, 0.2) is 0 Å². The van der Waals surface area contributed by atoms with Gasteiger partial charge in [0.25, 0.3) is 5.91 Å². The maximum Gasteiger partial charge on any atom is 0.260 e. The normalized spacial score (nSPS) is 8.78. The third kappa shape index (κ3) is 9.49. The van der Waals surface area contributed by atoms with Crippen LogP contribution >= 0.6 is 0 Å². The zero-order valence-corrected chi connectivity index (χ0v) is 11.2. The lowest BCUT2D eigenvalue weighted by Gasteiger charge is -1.93. The summed E-state index contributed by atoms with van der Waals surface area (Å²) in [7, 11) is 0. The first kappa shape index (κ1) is 16.3. The van der Waals surface area contributed by atoms with Gasteiger partial charge in [0.2, 0.25) is 6.08 Å². The van der Waals surface area contributed by atoms with E-state index in [1.54, 1.807) is 12.1 Å². The van der Waals surface area contributed by atoms with Gasteiger partial charge in [-0.2, -0.15) is 0 Å². The molecule has 0 saturated carbocycles. The molecule has 0 atom stereocenters. The molecule has 0 aliphatic carbocycles. The third-order valence-electron chi connectivity index (χ3n) is 2.33. The van der Waals surface area contributed by atoms with Gasteiger partial charge in [0.05, 0.1) is 6.42 Å². The summed E-state index contributed by atoms with van der Waals surface area (Å²) in [6.07, 6.45) is 6.91. The van der Waals surface area contributed by atoms with Crippen LogP contribution in [-0.2, 0) is 16.0 Å². The molecule has 3 heteroatoms. The summed E-state index contributed by atoms with van der Waals surface area (Å²) in [5.74, 6) is -0.462. The van der Waals surface area contributed by atoms with E-state index in [1.165, 1.54) is 31.8 Å². The van der Waals surface area contributed by atoms with E-state index < -0.39 is 5.91 Å². The Balaban J connectivity index is 0.000000411. The predicted octanol–water partition coefficient (Wildman–Crippen LogP) is 3.68. The topological polar surface area (TPSA) is 46.5 Å². The summed E-state index contributed by atoms with van der Waals surface area (Å²) >= 11 is 0. The Hall–Kier alpha value is -1.73. The maximum atomic E-state index is 10.8. The number of aliphatic imine (C=N–C) groups is 1. The number of rotatable bonds is 5. The smallest absolute Gasteiger partial charge is 0.260 e. The Bertz CT molecular complexity index is 363. The minimum absolute atomic E-state index is 0.163. The summed E-state index contributed by atoms with van der Waals surface area (Å²) < 4.78 is 0. The van der Waals surface area contributed by atoms with Gasteiger partial charge >= 0.3 is 0 Å². The fourth-order valence-electron chi connectivity index (χ4n) is 1.36. The van der Waals surface area contributed by atoms with Crippen molar-refractivity contribution in [3.8, 4) is 0 Å². The second-order valence-corrected chi connectivity index (χ2v) is 3.97. The van der Waals surface area contributed by atoms with Gasteiger partial charge < -0.3 is 0 Å². The Labute approximate surface area is 109 Å². The Morgan fingerprint density at radius 1 is 1.11 bits per heavy atom. The van der Waals surface area contributed by atoms with E-state index in [-0.39, 0.29) is 6.42 Å². The molecule has 0 fully saturated rings. The lowest BCUT2D eigenvalue weighted by Crippen LogP contribution is -1.97. The number of hydrogen-bond acceptors (Lipinski definition) is 2.